The third-order valence-electron chi connectivity index (χ3n) is 5.34. The highest BCUT2D eigenvalue weighted by atomic mass is 35.5. The predicted molar refractivity (Wildman–Crippen MR) is 91.2 cm³/mol. The van der Waals surface area contributed by atoms with E-state index in [4.69, 9.17) is 11.6 Å². The fourth-order valence-electron chi connectivity index (χ4n) is 4.12. The number of aliphatic hydroxyl groups is 1. The highest BCUT2D eigenvalue weighted by Crippen LogP contribution is 2.38. The normalized spacial score (nSPS) is 29.4. The highest BCUT2D eigenvalue weighted by molar-refractivity contribution is 6.33. The van der Waals surface area contributed by atoms with Gasteiger partial charge in [0.05, 0.1) is 16.8 Å². The first-order valence-electron chi connectivity index (χ1n) is 8.43. The Bertz CT molecular complexity index is 610. The quantitative estimate of drug-likeness (QED) is 0.873. The largest absolute Gasteiger partial charge is 0.391 e. The Labute approximate surface area is 141 Å². The minimum atomic E-state index is -0.301. The third kappa shape index (κ3) is 2.76. The Hall–Kier alpha value is -1.46. The van der Waals surface area contributed by atoms with Crippen LogP contribution in [0.2, 0.25) is 5.02 Å². The minimum Gasteiger partial charge on any atom is -0.391 e. The number of hydrogen-bond donors (Lipinski definition) is 2. The average molecular weight is 336 g/mol. The van der Waals surface area contributed by atoms with Gasteiger partial charge in [0.15, 0.2) is 0 Å². The summed E-state index contributed by atoms with van der Waals surface area (Å²) < 4.78 is 0. The second-order valence-corrected chi connectivity index (χ2v) is 7.27. The van der Waals surface area contributed by atoms with Gasteiger partial charge in [0.25, 0.3) is 0 Å². The van der Waals surface area contributed by atoms with Crippen LogP contribution in [-0.2, 0) is 0 Å². The summed E-state index contributed by atoms with van der Waals surface area (Å²) in [5, 5.41) is 13.4. The van der Waals surface area contributed by atoms with Crippen molar-refractivity contribution in [3.8, 4) is 0 Å². The summed E-state index contributed by atoms with van der Waals surface area (Å²) in [5.74, 6) is 0. The molecule has 2 unspecified atom stereocenters. The fraction of sp³-hybridized carbons (Fsp3) is 0.588. The van der Waals surface area contributed by atoms with Crippen molar-refractivity contribution in [1.29, 1.82) is 0 Å². The van der Waals surface area contributed by atoms with Crippen LogP contribution in [0.1, 0.15) is 32.1 Å². The van der Waals surface area contributed by atoms with E-state index in [0.29, 0.717) is 23.7 Å². The molecule has 1 aromatic carbocycles. The zero-order chi connectivity index (χ0) is 16.0. The average Bonchev–Trinajstić information content (AvgIpc) is 2.96. The molecule has 2 N–H and O–H groups in total. The standard InChI is InChI=1S/C17H22ClN3O2/c18-15-5-4-11(8-16(15)20-7-6-14(22)10-20)19-17(23)21-12-2-1-3-13(21)9-12/h4-5,8,12-14,22H,1-3,6-7,9-10H2,(H,19,23)/t12-,13?,14?/m1/s1. The molecule has 3 aliphatic heterocycles. The second-order valence-electron chi connectivity index (χ2n) is 6.87. The number of β-amino-alcohol motifs (C(OH)–C–C–N with tert-alkyl or cyclic N) is 1. The first-order chi connectivity index (χ1) is 11.1. The van der Waals surface area contributed by atoms with Gasteiger partial charge in [0.1, 0.15) is 0 Å². The number of anilines is 2. The van der Waals surface area contributed by atoms with Crippen LogP contribution in [0.4, 0.5) is 16.2 Å². The zero-order valence-electron chi connectivity index (χ0n) is 13.0. The molecular formula is C17H22ClN3O2. The van der Waals surface area contributed by atoms with Crippen molar-refractivity contribution in [1.82, 2.24) is 4.90 Å². The van der Waals surface area contributed by atoms with Gasteiger partial charge in [-0.3, -0.25) is 0 Å². The summed E-state index contributed by atoms with van der Waals surface area (Å²) in [5.41, 5.74) is 1.64. The van der Waals surface area contributed by atoms with E-state index in [1.807, 2.05) is 23.1 Å². The number of benzene rings is 1. The number of rotatable bonds is 2. The lowest BCUT2D eigenvalue weighted by atomic mass is 9.80. The lowest BCUT2D eigenvalue weighted by Crippen LogP contribution is -2.62. The van der Waals surface area contributed by atoms with Gasteiger partial charge in [0, 0.05) is 30.9 Å². The number of piperidine rings is 1. The van der Waals surface area contributed by atoms with Crippen LogP contribution < -0.4 is 10.2 Å². The van der Waals surface area contributed by atoms with E-state index in [0.717, 1.165) is 43.6 Å². The lowest BCUT2D eigenvalue weighted by Gasteiger charge is -2.52. The molecule has 0 aromatic heterocycles. The first kappa shape index (κ1) is 15.1. The molecule has 3 heterocycles. The molecule has 0 saturated carbocycles. The molecular weight excluding hydrogens is 314 g/mol. The van der Waals surface area contributed by atoms with Crippen molar-refractivity contribution >= 4 is 29.0 Å². The first-order valence-corrected chi connectivity index (χ1v) is 8.81. The summed E-state index contributed by atoms with van der Waals surface area (Å²) in [7, 11) is 0. The molecule has 0 aliphatic carbocycles. The molecule has 6 heteroatoms. The van der Waals surface area contributed by atoms with Crippen LogP contribution >= 0.6 is 11.6 Å². The number of nitrogens with zero attached hydrogens (tertiary/aromatic N) is 2. The Morgan fingerprint density at radius 2 is 2.04 bits per heavy atom. The summed E-state index contributed by atoms with van der Waals surface area (Å²) >= 11 is 6.29. The van der Waals surface area contributed by atoms with Crippen molar-refractivity contribution in [2.75, 3.05) is 23.3 Å². The number of aliphatic hydroxyl groups excluding tert-OH is 1. The molecule has 0 spiro atoms. The van der Waals surface area contributed by atoms with E-state index in [2.05, 4.69) is 10.2 Å². The summed E-state index contributed by atoms with van der Waals surface area (Å²) in [6, 6.07) is 6.41. The molecule has 4 rings (SSSR count). The van der Waals surface area contributed by atoms with Crippen LogP contribution in [0.3, 0.4) is 0 Å². The van der Waals surface area contributed by atoms with Gasteiger partial charge in [-0.1, -0.05) is 11.6 Å². The number of halogens is 1. The van der Waals surface area contributed by atoms with E-state index < -0.39 is 0 Å². The highest BCUT2D eigenvalue weighted by Gasteiger charge is 2.44. The summed E-state index contributed by atoms with van der Waals surface area (Å²) in [6.45, 7) is 1.38. The summed E-state index contributed by atoms with van der Waals surface area (Å²) in [4.78, 5) is 16.6. The summed E-state index contributed by atoms with van der Waals surface area (Å²) in [6.07, 6.45) is 5.10. The third-order valence-corrected chi connectivity index (χ3v) is 5.66. The van der Waals surface area contributed by atoms with E-state index in [-0.39, 0.29) is 12.1 Å². The Morgan fingerprint density at radius 3 is 2.70 bits per heavy atom. The van der Waals surface area contributed by atoms with Crippen molar-refractivity contribution in [3.05, 3.63) is 23.2 Å². The zero-order valence-corrected chi connectivity index (χ0v) is 13.8. The molecule has 3 saturated heterocycles. The predicted octanol–water partition coefficient (Wildman–Crippen LogP) is 3.07. The number of amides is 2. The van der Waals surface area contributed by atoms with Crippen LogP contribution in [0.25, 0.3) is 0 Å². The van der Waals surface area contributed by atoms with Gasteiger partial charge >= 0.3 is 6.03 Å². The van der Waals surface area contributed by atoms with Crippen LogP contribution in [0.5, 0.6) is 0 Å². The Balaban J connectivity index is 1.48. The van der Waals surface area contributed by atoms with Crippen molar-refractivity contribution in [2.45, 2.75) is 50.3 Å². The molecule has 2 amide bonds. The van der Waals surface area contributed by atoms with Gasteiger partial charge in [-0.15, -0.1) is 0 Å². The maximum absolute atomic E-state index is 12.5. The lowest BCUT2D eigenvalue weighted by molar-refractivity contribution is 0.0173. The smallest absolute Gasteiger partial charge is 0.322 e. The van der Waals surface area contributed by atoms with Gasteiger partial charge in [-0.25, -0.2) is 4.79 Å². The van der Waals surface area contributed by atoms with E-state index in [9.17, 15) is 9.90 Å². The van der Waals surface area contributed by atoms with Gasteiger partial charge in [-0.2, -0.15) is 0 Å². The monoisotopic (exact) mass is 335 g/mol. The second kappa shape index (κ2) is 5.87. The molecule has 0 radical (unpaired) electrons. The SMILES string of the molecule is O=C(Nc1ccc(Cl)c(N2CCC(O)C2)c1)N1C2CCC[C@@H]1C2. The number of urea groups is 1. The number of hydrogen-bond acceptors (Lipinski definition) is 3. The molecule has 3 fully saturated rings. The molecule has 3 atom stereocenters. The maximum Gasteiger partial charge on any atom is 0.322 e. The Morgan fingerprint density at radius 1 is 1.26 bits per heavy atom. The number of carbonyl (C=O) groups is 1. The number of nitrogens with one attached hydrogen (secondary N) is 1. The fourth-order valence-corrected chi connectivity index (χ4v) is 4.35. The van der Waals surface area contributed by atoms with E-state index in [1.165, 1.54) is 6.42 Å². The molecule has 2 bridgehead atoms. The molecule has 5 nitrogen and oxygen atoms in total. The van der Waals surface area contributed by atoms with Crippen molar-refractivity contribution in [3.63, 3.8) is 0 Å². The molecule has 3 aliphatic rings. The van der Waals surface area contributed by atoms with Crippen molar-refractivity contribution in [2.24, 2.45) is 0 Å². The van der Waals surface area contributed by atoms with Crippen LogP contribution in [0.15, 0.2) is 18.2 Å². The maximum atomic E-state index is 12.5. The van der Waals surface area contributed by atoms with Crippen molar-refractivity contribution < 1.29 is 9.90 Å². The van der Waals surface area contributed by atoms with Gasteiger partial charge in [0.2, 0.25) is 0 Å². The van der Waals surface area contributed by atoms with Crippen LogP contribution in [0, 0.1) is 0 Å². The number of carbonyl (C=O) groups excluding carboxylic acids is 1. The molecule has 124 valence electrons. The molecule has 1 aromatic rings. The minimum absolute atomic E-state index is 0.000629. The van der Waals surface area contributed by atoms with E-state index >= 15 is 0 Å². The van der Waals surface area contributed by atoms with E-state index in [1.54, 1.807) is 0 Å². The molecule has 23 heavy (non-hydrogen) atoms. The van der Waals surface area contributed by atoms with Gasteiger partial charge in [-0.05, 0) is 50.3 Å². The van der Waals surface area contributed by atoms with Crippen LogP contribution in [-0.4, -0.2) is 47.3 Å². The topological polar surface area (TPSA) is 55.8 Å². The number of fused-ring (bicyclic) bond motifs is 2. The Kier molecular flexibility index (Phi) is 3.85. The van der Waals surface area contributed by atoms with Gasteiger partial charge < -0.3 is 20.2 Å².